The highest BCUT2D eigenvalue weighted by Gasteiger charge is 2.14. The number of nitrogens with one attached hydrogen (secondary N) is 2. The van der Waals surface area contributed by atoms with Crippen molar-refractivity contribution in [2.75, 3.05) is 12.4 Å². The summed E-state index contributed by atoms with van der Waals surface area (Å²) in [7, 11) is 1.36. The lowest BCUT2D eigenvalue weighted by molar-refractivity contribution is 0.0599. The Morgan fingerprint density at radius 1 is 1.50 bits per heavy atom. The van der Waals surface area contributed by atoms with Crippen LogP contribution in [0.3, 0.4) is 0 Å². The van der Waals surface area contributed by atoms with Gasteiger partial charge < -0.3 is 15.0 Å². The third-order valence-corrected chi connectivity index (χ3v) is 3.07. The number of rotatable bonds is 5. The van der Waals surface area contributed by atoms with Gasteiger partial charge >= 0.3 is 5.97 Å². The van der Waals surface area contributed by atoms with Gasteiger partial charge in [0.15, 0.2) is 0 Å². The van der Waals surface area contributed by atoms with E-state index in [4.69, 9.17) is 4.74 Å². The fourth-order valence-corrected chi connectivity index (χ4v) is 1.98. The van der Waals surface area contributed by atoms with E-state index in [1.807, 2.05) is 0 Å². The smallest absolute Gasteiger partial charge is 0.339 e. The minimum absolute atomic E-state index is 0.0564. The number of carbonyl (C=O) groups is 1. The minimum Gasteiger partial charge on any atom is -0.465 e. The van der Waals surface area contributed by atoms with Crippen LogP contribution in [0.1, 0.15) is 41.3 Å². The summed E-state index contributed by atoms with van der Waals surface area (Å²) in [5.74, 6) is 1.20. The molecule has 0 spiro atoms. The normalized spacial score (nSPS) is 11.9. The molecule has 0 amide bonds. The van der Waals surface area contributed by atoms with Crippen molar-refractivity contribution in [2.45, 2.75) is 26.3 Å². The Hall–Kier alpha value is -2.37. The highest BCUT2D eigenvalue weighted by Crippen LogP contribution is 2.19. The first-order valence-electron chi connectivity index (χ1n) is 6.47. The summed E-state index contributed by atoms with van der Waals surface area (Å²) in [6.45, 7) is 3.85. The first kappa shape index (κ1) is 14.0. The van der Waals surface area contributed by atoms with E-state index in [0.29, 0.717) is 17.1 Å². The number of hydrogen-bond donors (Lipinski definition) is 2. The molecule has 1 unspecified atom stereocenters. The Morgan fingerprint density at radius 2 is 2.30 bits per heavy atom. The van der Waals surface area contributed by atoms with Crippen molar-refractivity contribution in [3.63, 3.8) is 0 Å². The van der Waals surface area contributed by atoms with Crippen LogP contribution in [0.4, 0.5) is 5.82 Å². The van der Waals surface area contributed by atoms with E-state index in [1.165, 1.54) is 7.11 Å². The summed E-state index contributed by atoms with van der Waals surface area (Å²) in [6.07, 6.45) is 4.38. The molecule has 106 valence electrons. The Morgan fingerprint density at radius 3 is 2.85 bits per heavy atom. The number of ether oxygens (including phenoxy) is 1. The van der Waals surface area contributed by atoms with Crippen molar-refractivity contribution in [1.82, 2.24) is 15.0 Å². The first-order chi connectivity index (χ1) is 9.65. The molecule has 20 heavy (non-hydrogen) atoms. The number of aryl methyl sites for hydroxylation is 1. The molecule has 1 atom stereocenters. The largest absolute Gasteiger partial charge is 0.465 e. The van der Waals surface area contributed by atoms with E-state index in [2.05, 4.69) is 27.2 Å². The summed E-state index contributed by atoms with van der Waals surface area (Å²) >= 11 is 0. The van der Waals surface area contributed by atoms with Crippen LogP contribution < -0.4 is 5.32 Å². The topological polar surface area (TPSA) is 79.9 Å². The first-order valence-corrected chi connectivity index (χ1v) is 6.47. The Kier molecular flexibility index (Phi) is 4.34. The second-order valence-electron chi connectivity index (χ2n) is 4.40. The molecule has 0 aliphatic heterocycles. The molecule has 6 nitrogen and oxygen atoms in total. The highest BCUT2D eigenvalue weighted by atomic mass is 16.5. The van der Waals surface area contributed by atoms with Gasteiger partial charge in [-0.2, -0.15) is 0 Å². The third-order valence-electron chi connectivity index (χ3n) is 3.07. The summed E-state index contributed by atoms with van der Waals surface area (Å²) < 4.78 is 4.70. The average molecular weight is 274 g/mol. The number of aromatic amines is 1. The third kappa shape index (κ3) is 2.96. The van der Waals surface area contributed by atoms with Crippen molar-refractivity contribution in [1.29, 1.82) is 0 Å². The van der Waals surface area contributed by atoms with E-state index in [-0.39, 0.29) is 12.0 Å². The number of pyridine rings is 1. The van der Waals surface area contributed by atoms with Gasteiger partial charge in [-0.05, 0) is 25.5 Å². The molecule has 0 radical (unpaired) electrons. The maximum Gasteiger partial charge on any atom is 0.339 e. The van der Waals surface area contributed by atoms with E-state index < -0.39 is 0 Å². The van der Waals surface area contributed by atoms with E-state index in [1.54, 1.807) is 31.5 Å². The van der Waals surface area contributed by atoms with Crippen LogP contribution in [0.15, 0.2) is 24.5 Å². The average Bonchev–Trinajstić information content (AvgIpc) is 2.98. The maximum absolute atomic E-state index is 11.5. The molecule has 0 saturated carbocycles. The van der Waals surface area contributed by atoms with Crippen molar-refractivity contribution >= 4 is 11.8 Å². The van der Waals surface area contributed by atoms with Crippen molar-refractivity contribution in [3.8, 4) is 0 Å². The van der Waals surface area contributed by atoms with Gasteiger partial charge in [-0.25, -0.2) is 14.8 Å². The highest BCUT2D eigenvalue weighted by molar-refractivity contribution is 5.90. The molecule has 0 aromatic carbocycles. The number of imidazole rings is 1. The molecule has 0 bridgehead atoms. The van der Waals surface area contributed by atoms with Crippen molar-refractivity contribution in [2.24, 2.45) is 0 Å². The van der Waals surface area contributed by atoms with Gasteiger partial charge in [0, 0.05) is 12.4 Å². The molecular weight excluding hydrogens is 256 g/mol. The molecule has 0 aliphatic rings. The van der Waals surface area contributed by atoms with Crippen LogP contribution in [0.5, 0.6) is 0 Å². The van der Waals surface area contributed by atoms with Gasteiger partial charge in [-0.15, -0.1) is 0 Å². The molecule has 2 aromatic rings. The zero-order chi connectivity index (χ0) is 14.5. The van der Waals surface area contributed by atoms with Crippen LogP contribution in [-0.2, 0) is 4.74 Å². The second kappa shape index (κ2) is 6.18. The van der Waals surface area contributed by atoms with Crippen LogP contribution >= 0.6 is 0 Å². The number of nitrogens with zero attached hydrogens (tertiary/aromatic N) is 2. The van der Waals surface area contributed by atoms with Gasteiger partial charge in [0.1, 0.15) is 11.6 Å². The number of H-pyrrole nitrogens is 1. The fraction of sp³-hybridized carbons (Fsp3) is 0.357. The minimum atomic E-state index is -0.375. The van der Waals surface area contributed by atoms with Gasteiger partial charge in [-0.3, -0.25) is 0 Å². The predicted molar refractivity (Wildman–Crippen MR) is 75.6 cm³/mol. The summed E-state index contributed by atoms with van der Waals surface area (Å²) in [6, 6.07) is 3.54. The quantitative estimate of drug-likeness (QED) is 0.819. The molecule has 2 aromatic heterocycles. The Bertz CT molecular complexity index is 581. The predicted octanol–water partition coefficient (Wildman–Crippen LogP) is 2.46. The standard InChI is InChI=1S/C14H18N4O2/c1-4-11(13-15-7-8-16-13)18-12-6-5-10(9(2)17-12)14(19)20-3/h5-8,11H,4H2,1-3H3,(H,15,16)(H,17,18). The summed E-state index contributed by atoms with van der Waals surface area (Å²) in [4.78, 5) is 23.2. The zero-order valence-corrected chi connectivity index (χ0v) is 11.8. The molecule has 6 heteroatoms. The van der Waals surface area contributed by atoms with Gasteiger partial charge in [0.25, 0.3) is 0 Å². The zero-order valence-electron chi connectivity index (χ0n) is 11.8. The Labute approximate surface area is 117 Å². The lowest BCUT2D eigenvalue weighted by Gasteiger charge is -2.16. The van der Waals surface area contributed by atoms with Crippen LogP contribution in [-0.4, -0.2) is 28.0 Å². The molecule has 0 saturated heterocycles. The van der Waals surface area contributed by atoms with E-state index >= 15 is 0 Å². The van der Waals surface area contributed by atoms with Crippen LogP contribution in [0.2, 0.25) is 0 Å². The summed E-state index contributed by atoms with van der Waals surface area (Å²) in [5.41, 5.74) is 1.11. The molecule has 2 rings (SSSR count). The number of hydrogen-bond acceptors (Lipinski definition) is 5. The van der Waals surface area contributed by atoms with Gasteiger partial charge in [0.05, 0.1) is 24.4 Å². The lowest BCUT2D eigenvalue weighted by Crippen LogP contribution is -2.13. The van der Waals surface area contributed by atoms with Crippen LogP contribution in [0, 0.1) is 6.92 Å². The number of carbonyl (C=O) groups excluding carboxylic acids is 1. The number of anilines is 1. The molecule has 2 N–H and O–H groups in total. The van der Waals surface area contributed by atoms with E-state index in [9.17, 15) is 4.79 Å². The molecule has 2 heterocycles. The van der Waals surface area contributed by atoms with Crippen LogP contribution in [0.25, 0.3) is 0 Å². The number of esters is 1. The number of aromatic nitrogens is 3. The molecular formula is C14H18N4O2. The molecule has 0 aliphatic carbocycles. The second-order valence-corrected chi connectivity index (χ2v) is 4.40. The number of methoxy groups -OCH3 is 1. The van der Waals surface area contributed by atoms with Crippen molar-refractivity contribution < 1.29 is 9.53 Å². The SMILES string of the molecule is CCC(Nc1ccc(C(=O)OC)c(C)n1)c1ncc[nH]1. The molecule has 0 fully saturated rings. The summed E-state index contributed by atoms with van der Waals surface area (Å²) in [5, 5.41) is 3.30. The maximum atomic E-state index is 11.5. The Balaban J connectivity index is 2.17. The monoisotopic (exact) mass is 274 g/mol. The van der Waals surface area contributed by atoms with E-state index in [0.717, 1.165) is 12.2 Å². The fourth-order valence-electron chi connectivity index (χ4n) is 1.98. The van der Waals surface area contributed by atoms with Gasteiger partial charge in [0.2, 0.25) is 0 Å². The van der Waals surface area contributed by atoms with Gasteiger partial charge in [-0.1, -0.05) is 6.92 Å². The lowest BCUT2D eigenvalue weighted by atomic mass is 10.2. The van der Waals surface area contributed by atoms with Crippen molar-refractivity contribution in [3.05, 3.63) is 41.6 Å².